The monoisotopic (exact) mass is 270 g/mol. The van der Waals surface area contributed by atoms with Gasteiger partial charge in [0.25, 0.3) is 0 Å². The standard InChI is InChI=1S/C18H26Si/c1-19(2,16-18-12-7-4-8-13-18)15-9-14-17-10-5-3-6-11-17/h4,7-8,12-13,17H,3,5-6,10-11,14,16H2,1-2H3. The van der Waals surface area contributed by atoms with E-state index in [0.717, 1.165) is 12.3 Å². The first-order chi connectivity index (χ1) is 9.16. The normalized spacial score (nSPS) is 16.7. The summed E-state index contributed by atoms with van der Waals surface area (Å²) in [6.07, 6.45) is 8.27. The van der Waals surface area contributed by atoms with Gasteiger partial charge < -0.3 is 0 Å². The molecule has 0 bridgehead atoms. The SMILES string of the molecule is C[Si](C)(C#CCC1CCCCC1)Cc1ccccc1. The fourth-order valence-corrected chi connectivity index (χ4v) is 4.90. The minimum absolute atomic E-state index is 0.891. The van der Waals surface area contributed by atoms with Crippen molar-refractivity contribution < 1.29 is 0 Å². The quantitative estimate of drug-likeness (QED) is 0.536. The molecule has 0 heterocycles. The van der Waals surface area contributed by atoms with E-state index in [4.69, 9.17) is 0 Å². The predicted molar refractivity (Wildman–Crippen MR) is 86.6 cm³/mol. The summed E-state index contributed by atoms with van der Waals surface area (Å²) in [5.74, 6) is 4.42. The molecule has 0 nitrogen and oxygen atoms in total. The molecule has 19 heavy (non-hydrogen) atoms. The van der Waals surface area contributed by atoms with Crippen molar-refractivity contribution in [2.75, 3.05) is 0 Å². The van der Waals surface area contributed by atoms with E-state index in [1.54, 1.807) is 0 Å². The Morgan fingerprint density at radius 1 is 1.05 bits per heavy atom. The smallest absolute Gasteiger partial charge is 0.131 e. The Balaban J connectivity index is 1.86. The zero-order chi connectivity index (χ0) is 13.6. The second-order valence-electron chi connectivity index (χ2n) is 6.56. The molecule has 0 saturated heterocycles. The van der Waals surface area contributed by atoms with E-state index in [-0.39, 0.29) is 0 Å². The average Bonchev–Trinajstić information content (AvgIpc) is 2.40. The molecule has 1 heteroatoms. The van der Waals surface area contributed by atoms with E-state index in [9.17, 15) is 0 Å². The summed E-state index contributed by atoms with van der Waals surface area (Å²) in [6.45, 7) is 4.79. The molecule has 102 valence electrons. The zero-order valence-electron chi connectivity index (χ0n) is 12.4. The summed E-state index contributed by atoms with van der Waals surface area (Å²) >= 11 is 0. The number of benzene rings is 1. The Bertz CT molecular complexity index is 430. The Labute approximate surface area is 119 Å². The van der Waals surface area contributed by atoms with Gasteiger partial charge >= 0.3 is 0 Å². The van der Waals surface area contributed by atoms with E-state index in [1.807, 2.05) is 0 Å². The van der Waals surface area contributed by atoms with Gasteiger partial charge in [-0.2, -0.15) is 0 Å². The van der Waals surface area contributed by atoms with Crippen molar-refractivity contribution in [3.8, 4) is 11.5 Å². The summed E-state index contributed by atoms with van der Waals surface area (Å²) in [5.41, 5.74) is 5.09. The highest BCUT2D eigenvalue weighted by Crippen LogP contribution is 2.25. The molecule has 0 unspecified atom stereocenters. The van der Waals surface area contributed by atoms with Crippen LogP contribution in [0.25, 0.3) is 0 Å². The predicted octanol–water partition coefficient (Wildman–Crippen LogP) is 4.99. The van der Waals surface area contributed by atoms with Crippen LogP contribution in [0.1, 0.15) is 44.1 Å². The molecular formula is C18H26Si. The molecule has 0 N–H and O–H groups in total. The highest BCUT2D eigenvalue weighted by molar-refractivity contribution is 6.84. The van der Waals surface area contributed by atoms with Gasteiger partial charge in [0.1, 0.15) is 8.07 Å². The van der Waals surface area contributed by atoms with Crippen LogP contribution in [0.15, 0.2) is 30.3 Å². The molecule has 0 radical (unpaired) electrons. The van der Waals surface area contributed by atoms with Crippen LogP contribution in [0.5, 0.6) is 0 Å². The third kappa shape index (κ3) is 5.24. The number of hydrogen-bond donors (Lipinski definition) is 0. The second-order valence-corrected chi connectivity index (χ2v) is 10.9. The molecule has 1 aliphatic carbocycles. The van der Waals surface area contributed by atoms with Crippen LogP contribution in [0.3, 0.4) is 0 Å². The van der Waals surface area contributed by atoms with Gasteiger partial charge in [0.2, 0.25) is 0 Å². The van der Waals surface area contributed by atoms with Crippen LogP contribution in [0, 0.1) is 17.4 Å². The summed E-state index contributed by atoms with van der Waals surface area (Å²) in [5, 5.41) is 0. The molecule has 2 rings (SSSR count). The molecule has 0 aliphatic heterocycles. The van der Waals surface area contributed by atoms with Crippen LogP contribution in [-0.2, 0) is 6.04 Å². The molecule has 1 saturated carbocycles. The van der Waals surface area contributed by atoms with Crippen molar-refractivity contribution in [3.05, 3.63) is 35.9 Å². The maximum absolute atomic E-state index is 3.64. The average molecular weight is 270 g/mol. The zero-order valence-corrected chi connectivity index (χ0v) is 13.4. The maximum Gasteiger partial charge on any atom is 0.136 e. The van der Waals surface area contributed by atoms with Crippen molar-refractivity contribution in [1.82, 2.24) is 0 Å². The van der Waals surface area contributed by atoms with Crippen LogP contribution in [0.4, 0.5) is 0 Å². The van der Waals surface area contributed by atoms with Gasteiger partial charge in [0.15, 0.2) is 0 Å². The van der Waals surface area contributed by atoms with Gasteiger partial charge in [-0.05, 0) is 30.4 Å². The molecule has 1 aliphatic rings. The first kappa shape index (κ1) is 14.4. The van der Waals surface area contributed by atoms with Crippen LogP contribution < -0.4 is 0 Å². The third-order valence-electron chi connectivity index (χ3n) is 4.03. The Morgan fingerprint density at radius 2 is 1.74 bits per heavy atom. The molecule has 1 aromatic carbocycles. The van der Waals surface area contributed by atoms with Gasteiger partial charge in [0, 0.05) is 6.42 Å². The Kier molecular flexibility index (Phi) is 5.28. The fraction of sp³-hybridized carbons (Fsp3) is 0.556. The summed E-state index contributed by atoms with van der Waals surface area (Å²) in [4.78, 5) is 0. The minimum Gasteiger partial charge on any atom is -0.131 e. The van der Waals surface area contributed by atoms with E-state index in [0.29, 0.717) is 0 Å². The second kappa shape index (κ2) is 6.96. The summed E-state index contributed by atoms with van der Waals surface area (Å²) < 4.78 is 0. The minimum atomic E-state index is -1.39. The van der Waals surface area contributed by atoms with Gasteiger partial charge in [-0.1, -0.05) is 62.7 Å². The van der Waals surface area contributed by atoms with Crippen molar-refractivity contribution >= 4 is 8.07 Å². The first-order valence-electron chi connectivity index (χ1n) is 7.70. The topological polar surface area (TPSA) is 0 Å². The van der Waals surface area contributed by atoms with Crippen molar-refractivity contribution in [1.29, 1.82) is 0 Å². The van der Waals surface area contributed by atoms with Crippen LogP contribution in [0.2, 0.25) is 13.1 Å². The molecule has 0 amide bonds. The van der Waals surface area contributed by atoms with Crippen molar-refractivity contribution in [3.63, 3.8) is 0 Å². The summed E-state index contributed by atoms with van der Waals surface area (Å²) in [7, 11) is -1.39. The van der Waals surface area contributed by atoms with E-state index in [1.165, 1.54) is 43.7 Å². The van der Waals surface area contributed by atoms with E-state index >= 15 is 0 Å². The third-order valence-corrected chi connectivity index (χ3v) is 6.18. The first-order valence-corrected chi connectivity index (χ1v) is 10.9. The Morgan fingerprint density at radius 3 is 2.42 bits per heavy atom. The van der Waals surface area contributed by atoms with E-state index < -0.39 is 8.07 Å². The van der Waals surface area contributed by atoms with E-state index in [2.05, 4.69) is 54.9 Å². The van der Waals surface area contributed by atoms with Gasteiger partial charge in [-0.3, -0.25) is 0 Å². The molecule has 0 spiro atoms. The lowest BCUT2D eigenvalue weighted by Gasteiger charge is -2.19. The van der Waals surface area contributed by atoms with Crippen LogP contribution in [-0.4, -0.2) is 8.07 Å². The number of rotatable bonds is 3. The van der Waals surface area contributed by atoms with Gasteiger partial charge in [0.05, 0.1) is 0 Å². The van der Waals surface area contributed by atoms with Gasteiger partial charge in [-0.25, -0.2) is 0 Å². The molecule has 0 aromatic heterocycles. The molecular weight excluding hydrogens is 244 g/mol. The van der Waals surface area contributed by atoms with Gasteiger partial charge in [-0.15, -0.1) is 11.5 Å². The Hall–Kier alpha value is -1.00. The van der Waals surface area contributed by atoms with Crippen molar-refractivity contribution in [2.24, 2.45) is 5.92 Å². The molecule has 1 fully saturated rings. The highest BCUT2D eigenvalue weighted by atomic mass is 28.3. The lowest BCUT2D eigenvalue weighted by atomic mass is 9.87. The molecule has 1 aromatic rings. The molecule has 0 atom stereocenters. The lowest BCUT2D eigenvalue weighted by Crippen LogP contribution is -2.27. The maximum atomic E-state index is 3.64. The van der Waals surface area contributed by atoms with Crippen LogP contribution >= 0.6 is 0 Å². The highest BCUT2D eigenvalue weighted by Gasteiger charge is 2.18. The van der Waals surface area contributed by atoms with Crippen molar-refractivity contribution in [2.45, 2.75) is 57.7 Å². The lowest BCUT2D eigenvalue weighted by molar-refractivity contribution is 0.365. The summed E-state index contributed by atoms with van der Waals surface area (Å²) in [6, 6.07) is 12.0. The number of hydrogen-bond acceptors (Lipinski definition) is 0. The largest absolute Gasteiger partial charge is 0.136 e. The fourth-order valence-electron chi connectivity index (χ4n) is 2.98.